The quantitative estimate of drug-likeness (QED) is 0.827. The predicted octanol–water partition coefficient (Wildman–Crippen LogP) is 1.84. The Kier molecular flexibility index (Phi) is 2.88. The summed E-state index contributed by atoms with van der Waals surface area (Å²) in [4.78, 5) is 27.3. The van der Waals surface area contributed by atoms with Gasteiger partial charge in [-0.15, -0.1) is 0 Å². The summed E-state index contributed by atoms with van der Waals surface area (Å²) in [6, 6.07) is 0. The standard InChI is InChI=1S/C15H24N2O2/c1-14(2)13(19)17(10-11-6-7-11)15(12(18)16-14)8-4-3-5-9-15/h11H,3-10H2,1-2H3,(H,16,18). The molecule has 4 nitrogen and oxygen atoms in total. The molecule has 1 N–H and O–H groups in total. The summed E-state index contributed by atoms with van der Waals surface area (Å²) in [6.45, 7) is 4.43. The van der Waals surface area contributed by atoms with Crippen molar-refractivity contribution in [1.29, 1.82) is 0 Å². The third kappa shape index (κ3) is 2.05. The second-order valence-corrected chi connectivity index (χ2v) is 7.03. The third-order valence-corrected chi connectivity index (χ3v) is 4.96. The molecule has 3 fully saturated rings. The molecular formula is C15H24N2O2. The van der Waals surface area contributed by atoms with Crippen LogP contribution in [0.15, 0.2) is 0 Å². The largest absolute Gasteiger partial charge is 0.340 e. The summed E-state index contributed by atoms with van der Waals surface area (Å²) >= 11 is 0. The van der Waals surface area contributed by atoms with Gasteiger partial charge in [-0.25, -0.2) is 0 Å². The molecule has 1 spiro atoms. The fourth-order valence-electron chi connectivity index (χ4n) is 3.56. The number of nitrogens with zero attached hydrogens (tertiary/aromatic N) is 1. The van der Waals surface area contributed by atoms with Crippen LogP contribution in [0, 0.1) is 5.92 Å². The van der Waals surface area contributed by atoms with E-state index in [0.717, 1.165) is 32.2 Å². The van der Waals surface area contributed by atoms with Gasteiger partial charge in [0.25, 0.3) is 0 Å². The highest BCUT2D eigenvalue weighted by Gasteiger charge is 2.55. The van der Waals surface area contributed by atoms with Crippen LogP contribution >= 0.6 is 0 Å². The third-order valence-electron chi connectivity index (χ3n) is 4.96. The maximum Gasteiger partial charge on any atom is 0.248 e. The minimum absolute atomic E-state index is 0.0810. The van der Waals surface area contributed by atoms with E-state index in [9.17, 15) is 9.59 Å². The summed E-state index contributed by atoms with van der Waals surface area (Å²) in [5.74, 6) is 0.822. The highest BCUT2D eigenvalue weighted by atomic mass is 16.2. The molecule has 1 heterocycles. The summed E-state index contributed by atoms with van der Waals surface area (Å²) in [5, 5.41) is 2.96. The van der Waals surface area contributed by atoms with Crippen LogP contribution in [0.2, 0.25) is 0 Å². The molecule has 0 aromatic heterocycles. The van der Waals surface area contributed by atoms with E-state index < -0.39 is 11.1 Å². The predicted molar refractivity (Wildman–Crippen MR) is 72.5 cm³/mol. The minimum Gasteiger partial charge on any atom is -0.340 e. The van der Waals surface area contributed by atoms with Gasteiger partial charge in [0.15, 0.2) is 0 Å². The molecule has 0 unspecified atom stereocenters. The van der Waals surface area contributed by atoms with Crippen molar-refractivity contribution in [1.82, 2.24) is 10.2 Å². The number of hydrogen-bond donors (Lipinski definition) is 1. The molecular weight excluding hydrogens is 240 g/mol. The van der Waals surface area contributed by atoms with Gasteiger partial charge in [-0.1, -0.05) is 19.3 Å². The number of hydrogen-bond acceptors (Lipinski definition) is 2. The first-order chi connectivity index (χ1) is 8.96. The first-order valence-electron chi connectivity index (χ1n) is 7.60. The average Bonchev–Trinajstić information content (AvgIpc) is 3.18. The Balaban J connectivity index is 1.93. The van der Waals surface area contributed by atoms with Crippen molar-refractivity contribution in [2.24, 2.45) is 5.92 Å². The Morgan fingerprint density at radius 1 is 1.16 bits per heavy atom. The van der Waals surface area contributed by atoms with Gasteiger partial charge in [0.2, 0.25) is 11.8 Å². The van der Waals surface area contributed by atoms with Crippen molar-refractivity contribution in [3.05, 3.63) is 0 Å². The van der Waals surface area contributed by atoms with Gasteiger partial charge in [-0.05, 0) is 45.4 Å². The average molecular weight is 264 g/mol. The van der Waals surface area contributed by atoms with Crippen LogP contribution in [0.3, 0.4) is 0 Å². The highest BCUT2D eigenvalue weighted by molar-refractivity contribution is 6.02. The summed E-state index contributed by atoms with van der Waals surface area (Å²) in [5.41, 5.74) is -1.28. The first kappa shape index (κ1) is 12.9. The SMILES string of the molecule is CC1(C)NC(=O)C2(CCCCC2)N(CC2CC2)C1=O. The second-order valence-electron chi connectivity index (χ2n) is 7.03. The summed E-state index contributed by atoms with van der Waals surface area (Å²) < 4.78 is 0. The van der Waals surface area contributed by atoms with E-state index in [-0.39, 0.29) is 11.8 Å². The summed E-state index contributed by atoms with van der Waals surface area (Å²) in [7, 11) is 0. The monoisotopic (exact) mass is 264 g/mol. The van der Waals surface area contributed by atoms with Crippen LogP contribution in [0.4, 0.5) is 0 Å². The fourth-order valence-corrected chi connectivity index (χ4v) is 3.56. The molecule has 1 aliphatic heterocycles. The van der Waals surface area contributed by atoms with Crippen LogP contribution in [-0.4, -0.2) is 34.3 Å². The lowest BCUT2D eigenvalue weighted by Gasteiger charge is -2.52. The molecule has 2 aliphatic carbocycles. The normalized spacial score (nSPS) is 29.5. The molecule has 3 rings (SSSR count). The van der Waals surface area contributed by atoms with Gasteiger partial charge in [0, 0.05) is 6.54 Å². The number of piperazine rings is 1. The van der Waals surface area contributed by atoms with E-state index in [1.807, 2.05) is 18.7 Å². The highest BCUT2D eigenvalue weighted by Crippen LogP contribution is 2.41. The second kappa shape index (κ2) is 4.22. The maximum atomic E-state index is 12.7. The van der Waals surface area contributed by atoms with Crippen LogP contribution < -0.4 is 5.32 Å². The maximum absolute atomic E-state index is 12.7. The number of nitrogens with one attached hydrogen (secondary N) is 1. The van der Waals surface area contributed by atoms with Crippen molar-refractivity contribution in [3.63, 3.8) is 0 Å². The van der Waals surface area contributed by atoms with Crippen molar-refractivity contribution in [3.8, 4) is 0 Å². The number of rotatable bonds is 2. The lowest BCUT2D eigenvalue weighted by molar-refractivity contribution is -0.164. The molecule has 4 heteroatoms. The Morgan fingerprint density at radius 2 is 1.79 bits per heavy atom. The van der Waals surface area contributed by atoms with E-state index in [4.69, 9.17) is 0 Å². The Morgan fingerprint density at radius 3 is 2.37 bits per heavy atom. The van der Waals surface area contributed by atoms with Crippen molar-refractivity contribution < 1.29 is 9.59 Å². The molecule has 3 aliphatic rings. The van der Waals surface area contributed by atoms with Crippen LogP contribution in [-0.2, 0) is 9.59 Å². The first-order valence-corrected chi connectivity index (χ1v) is 7.60. The summed E-state index contributed by atoms with van der Waals surface area (Å²) in [6.07, 6.45) is 7.40. The van der Waals surface area contributed by atoms with E-state index in [2.05, 4.69) is 5.32 Å². The molecule has 1 saturated heterocycles. The van der Waals surface area contributed by atoms with Gasteiger partial charge in [-0.3, -0.25) is 9.59 Å². The zero-order valence-corrected chi connectivity index (χ0v) is 12.0. The molecule has 0 bridgehead atoms. The number of amides is 2. The lowest BCUT2D eigenvalue weighted by Crippen LogP contribution is -2.74. The van der Waals surface area contributed by atoms with Crippen LogP contribution in [0.25, 0.3) is 0 Å². The van der Waals surface area contributed by atoms with Gasteiger partial charge in [0.1, 0.15) is 11.1 Å². The molecule has 2 saturated carbocycles. The zero-order chi connectivity index (χ0) is 13.7. The van der Waals surface area contributed by atoms with E-state index in [0.29, 0.717) is 5.92 Å². The van der Waals surface area contributed by atoms with Gasteiger partial charge in [-0.2, -0.15) is 0 Å². The van der Waals surface area contributed by atoms with E-state index in [1.54, 1.807) is 0 Å². The Labute approximate surface area is 114 Å². The fraction of sp³-hybridized carbons (Fsp3) is 0.867. The van der Waals surface area contributed by atoms with Crippen LogP contribution in [0.1, 0.15) is 58.8 Å². The van der Waals surface area contributed by atoms with E-state index in [1.165, 1.54) is 19.3 Å². The molecule has 0 aromatic carbocycles. The molecule has 0 radical (unpaired) electrons. The minimum atomic E-state index is -0.741. The van der Waals surface area contributed by atoms with Gasteiger partial charge in [0.05, 0.1) is 0 Å². The van der Waals surface area contributed by atoms with E-state index >= 15 is 0 Å². The van der Waals surface area contributed by atoms with Gasteiger partial charge >= 0.3 is 0 Å². The number of carbonyl (C=O) groups excluding carboxylic acids is 2. The van der Waals surface area contributed by atoms with Crippen molar-refractivity contribution in [2.75, 3.05) is 6.54 Å². The Bertz CT molecular complexity index is 406. The molecule has 0 atom stereocenters. The zero-order valence-electron chi connectivity index (χ0n) is 12.0. The molecule has 0 aromatic rings. The molecule has 2 amide bonds. The van der Waals surface area contributed by atoms with Crippen LogP contribution in [0.5, 0.6) is 0 Å². The van der Waals surface area contributed by atoms with Crippen molar-refractivity contribution in [2.45, 2.75) is 69.9 Å². The van der Waals surface area contributed by atoms with Crippen molar-refractivity contribution >= 4 is 11.8 Å². The lowest BCUT2D eigenvalue weighted by atomic mass is 9.75. The smallest absolute Gasteiger partial charge is 0.248 e. The Hall–Kier alpha value is -1.06. The molecule has 19 heavy (non-hydrogen) atoms. The molecule has 106 valence electrons. The van der Waals surface area contributed by atoms with Gasteiger partial charge < -0.3 is 10.2 Å². The topological polar surface area (TPSA) is 49.4 Å². The number of carbonyl (C=O) groups is 2.